The van der Waals surface area contributed by atoms with Gasteiger partial charge in [0, 0.05) is 25.9 Å². The molecule has 0 aliphatic heterocycles. The number of pyridine rings is 1. The number of thiazole rings is 1. The molecular weight excluding hydrogens is 472 g/mol. The summed E-state index contributed by atoms with van der Waals surface area (Å²) in [5, 5.41) is 0.503. The molecule has 176 valence electrons. The Bertz CT molecular complexity index is 1400. The van der Waals surface area contributed by atoms with E-state index in [0.29, 0.717) is 34.3 Å². The molecule has 0 saturated carbocycles. The van der Waals surface area contributed by atoms with E-state index >= 15 is 0 Å². The number of nitrogens with zero attached hydrogens (tertiary/aromatic N) is 4. The van der Waals surface area contributed by atoms with Crippen molar-refractivity contribution in [2.24, 2.45) is 0 Å². The molecular formula is C24H24N4O4S2. The number of benzene rings is 2. The van der Waals surface area contributed by atoms with Crippen LogP contribution in [0.25, 0.3) is 10.2 Å². The Kier molecular flexibility index (Phi) is 6.92. The van der Waals surface area contributed by atoms with Gasteiger partial charge in [0.25, 0.3) is 5.91 Å². The van der Waals surface area contributed by atoms with Crippen molar-refractivity contribution < 1.29 is 17.9 Å². The molecule has 0 atom stereocenters. The van der Waals surface area contributed by atoms with Crippen molar-refractivity contribution in [3.8, 4) is 5.75 Å². The van der Waals surface area contributed by atoms with E-state index in [-0.39, 0.29) is 17.3 Å². The van der Waals surface area contributed by atoms with Crippen LogP contribution < -0.4 is 9.64 Å². The summed E-state index contributed by atoms with van der Waals surface area (Å²) in [6, 6.07) is 17.1. The number of anilines is 1. The van der Waals surface area contributed by atoms with Gasteiger partial charge in [0.2, 0.25) is 10.0 Å². The summed E-state index contributed by atoms with van der Waals surface area (Å²) in [7, 11) is -0.664. The molecule has 2 aromatic carbocycles. The second kappa shape index (κ2) is 9.88. The lowest BCUT2D eigenvalue weighted by Gasteiger charge is -2.20. The number of hydrogen-bond donors (Lipinski definition) is 0. The summed E-state index contributed by atoms with van der Waals surface area (Å²) < 4.78 is 32.5. The zero-order valence-corrected chi connectivity index (χ0v) is 20.6. The largest absolute Gasteiger partial charge is 0.492 e. The molecule has 0 bridgehead atoms. The van der Waals surface area contributed by atoms with Gasteiger partial charge in [-0.1, -0.05) is 23.5 Å². The van der Waals surface area contributed by atoms with Crippen LogP contribution in [0.3, 0.4) is 0 Å². The number of ether oxygens (including phenoxy) is 1. The zero-order valence-electron chi connectivity index (χ0n) is 19.0. The summed E-state index contributed by atoms with van der Waals surface area (Å²) in [6.07, 6.45) is 1.67. The van der Waals surface area contributed by atoms with Gasteiger partial charge in [0.15, 0.2) is 5.13 Å². The van der Waals surface area contributed by atoms with Gasteiger partial charge in [-0.3, -0.25) is 14.7 Å². The Labute approximate surface area is 202 Å². The Hall–Kier alpha value is -3.34. The molecule has 0 unspecified atom stereocenters. The fraction of sp³-hybridized carbons (Fsp3) is 0.208. The average molecular weight is 497 g/mol. The predicted octanol–water partition coefficient (Wildman–Crippen LogP) is 4.19. The number of amides is 1. The normalized spacial score (nSPS) is 11.6. The van der Waals surface area contributed by atoms with Crippen LogP contribution in [0, 0.1) is 0 Å². The molecule has 34 heavy (non-hydrogen) atoms. The lowest BCUT2D eigenvalue weighted by molar-refractivity contribution is 0.0984. The lowest BCUT2D eigenvalue weighted by Crippen LogP contribution is -2.30. The van der Waals surface area contributed by atoms with Crippen molar-refractivity contribution in [3.05, 3.63) is 78.1 Å². The van der Waals surface area contributed by atoms with E-state index in [0.717, 1.165) is 9.01 Å². The summed E-state index contributed by atoms with van der Waals surface area (Å²) >= 11 is 1.38. The van der Waals surface area contributed by atoms with Gasteiger partial charge in [-0.25, -0.2) is 17.7 Å². The van der Waals surface area contributed by atoms with Gasteiger partial charge in [-0.2, -0.15) is 0 Å². The summed E-state index contributed by atoms with van der Waals surface area (Å²) in [5.74, 6) is 0.349. The maximum absolute atomic E-state index is 13.6. The van der Waals surface area contributed by atoms with Crippen molar-refractivity contribution in [2.75, 3.05) is 25.6 Å². The van der Waals surface area contributed by atoms with E-state index in [9.17, 15) is 13.2 Å². The van der Waals surface area contributed by atoms with Crippen molar-refractivity contribution >= 4 is 42.6 Å². The zero-order chi connectivity index (χ0) is 24.3. The molecule has 2 aromatic heterocycles. The highest BCUT2D eigenvalue weighted by atomic mass is 32.2. The van der Waals surface area contributed by atoms with Crippen LogP contribution in [0.15, 0.2) is 71.8 Å². The summed E-state index contributed by atoms with van der Waals surface area (Å²) in [4.78, 5) is 24.4. The Morgan fingerprint density at radius 1 is 1.03 bits per heavy atom. The van der Waals surface area contributed by atoms with Crippen LogP contribution in [0.1, 0.15) is 23.0 Å². The third-order valence-corrected chi connectivity index (χ3v) is 7.95. The molecule has 0 N–H and O–H groups in total. The van der Waals surface area contributed by atoms with Crippen LogP contribution in [-0.2, 0) is 16.6 Å². The topological polar surface area (TPSA) is 92.7 Å². The number of fused-ring (bicyclic) bond motifs is 1. The molecule has 0 saturated heterocycles. The van der Waals surface area contributed by atoms with Crippen LogP contribution in [0.4, 0.5) is 5.13 Å². The van der Waals surface area contributed by atoms with E-state index in [1.165, 1.54) is 49.7 Å². The highest BCUT2D eigenvalue weighted by molar-refractivity contribution is 7.89. The second-order valence-corrected chi connectivity index (χ2v) is 10.7. The van der Waals surface area contributed by atoms with E-state index in [2.05, 4.69) is 4.98 Å². The highest BCUT2D eigenvalue weighted by Gasteiger charge is 2.24. The maximum atomic E-state index is 13.6. The Morgan fingerprint density at radius 3 is 2.44 bits per heavy atom. The minimum atomic E-state index is -3.59. The van der Waals surface area contributed by atoms with E-state index in [1.807, 2.05) is 43.3 Å². The van der Waals surface area contributed by atoms with Gasteiger partial charge in [0.05, 0.1) is 28.4 Å². The van der Waals surface area contributed by atoms with Crippen LogP contribution in [0.5, 0.6) is 5.75 Å². The molecule has 4 aromatic rings. The van der Waals surface area contributed by atoms with Crippen LogP contribution in [-0.4, -0.2) is 49.3 Å². The Balaban J connectivity index is 1.74. The average Bonchev–Trinajstić information content (AvgIpc) is 3.28. The standard InChI is InChI=1S/C24H24N4O4S2/c1-4-32-20-9-7-10-21-22(20)26-24(33-21)28(16-18-8-5-6-15-25-18)23(29)17-11-13-19(14-12-17)34(30,31)27(2)3/h5-15H,4,16H2,1-3H3. The first-order valence-corrected chi connectivity index (χ1v) is 12.8. The van der Waals surface area contributed by atoms with Gasteiger partial charge in [-0.05, 0) is 55.5 Å². The van der Waals surface area contributed by atoms with Gasteiger partial charge < -0.3 is 4.74 Å². The van der Waals surface area contributed by atoms with Crippen molar-refractivity contribution in [2.45, 2.75) is 18.4 Å². The summed E-state index contributed by atoms with van der Waals surface area (Å²) in [5.41, 5.74) is 1.74. The van der Waals surface area contributed by atoms with E-state index in [1.54, 1.807) is 11.1 Å². The van der Waals surface area contributed by atoms with Crippen LogP contribution >= 0.6 is 11.3 Å². The minimum Gasteiger partial charge on any atom is -0.492 e. The van der Waals surface area contributed by atoms with Gasteiger partial charge >= 0.3 is 0 Å². The molecule has 4 rings (SSSR count). The van der Waals surface area contributed by atoms with E-state index < -0.39 is 10.0 Å². The second-order valence-electron chi connectivity index (χ2n) is 7.56. The third kappa shape index (κ3) is 4.79. The molecule has 8 nitrogen and oxygen atoms in total. The SMILES string of the molecule is CCOc1cccc2sc(N(Cc3ccccn3)C(=O)c3ccc(S(=O)(=O)N(C)C)cc3)nc12. The van der Waals surface area contributed by atoms with Crippen molar-refractivity contribution in [3.63, 3.8) is 0 Å². The monoisotopic (exact) mass is 496 g/mol. The number of sulfonamides is 1. The van der Waals surface area contributed by atoms with Crippen molar-refractivity contribution in [1.82, 2.24) is 14.3 Å². The number of carbonyl (C=O) groups is 1. The van der Waals surface area contributed by atoms with E-state index in [4.69, 9.17) is 9.72 Å². The molecule has 0 aliphatic carbocycles. The third-order valence-electron chi connectivity index (χ3n) is 5.07. The first-order chi connectivity index (χ1) is 16.3. The molecule has 0 aliphatic rings. The number of carbonyl (C=O) groups excluding carboxylic acids is 1. The molecule has 1 amide bonds. The number of aromatic nitrogens is 2. The molecule has 0 fully saturated rings. The molecule has 0 spiro atoms. The van der Waals surface area contributed by atoms with Crippen LogP contribution in [0.2, 0.25) is 0 Å². The first kappa shape index (κ1) is 23.8. The minimum absolute atomic E-state index is 0.117. The molecule has 0 radical (unpaired) electrons. The fourth-order valence-electron chi connectivity index (χ4n) is 3.32. The Morgan fingerprint density at radius 2 is 1.79 bits per heavy atom. The smallest absolute Gasteiger partial charge is 0.260 e. The lowest BCUT2D eigenvalue weighted by atomic mass is 10.2. The van der Waals surface area contributed by atoms with Gasteiger partial charge in [-0.15, -0.1) is 0 Å². The number of rotatable bonds is 8. The van der Waals surface area contributed by atoms with Gasteiger partial charge in [0.1, 0.15) is 11.3 Å². The number of para-hydroxylation sites is 1. The molecule has 2 heterocycles. The predicted molar refractivity (Wildman–Crippen MR) is 133 cm³/mol. The van der Waals surface area contributed by atoms with Crippen molar-refractivity contribution in [1.29, 1.82) is 0 Å². The molecule has 10 heteroatoms. The highest BCUT2D eigenvalue weighted by Crippen LogP contribution is 2.35. The number of hydrogen-bond acceptors (Lipinski definition) is 7. The quantitative estimate of drug-likeness (QED) is 0.363. The fourth-order valence-corrected chi connectivity index (χ4v) is 5.20. The summed E-state index contributed by atoms with van der Waals surface area (Å²) in [6.45, 7) is 2.62. The maximum Gasteiger partial charge on any atom is 0.260 e. The first-order valence-electron chi connectivity index (χ1n) is 10.6.